The average molecular weight is 249 g/mol. The van der Waals surface area contributed by atoms with Crippen LogP contribution in [0.25, 0.3) is 0 Å². The van der Waals surface area contributed by atoms with Crippen molar-refractivity contribution in [2.24, 2.45) is 0 Å². The zero-order valence-electron chi connectivity index (χ0n) is 8.51. The molecule has 0 unspecified atom stereocenters. The summed E-state index contributed by atoms with van der Waals surface area (Å²) in [5.74, 6) is 0. The first kappa shape index (κ1) is 12.5. The number of hydrogen-bond acceptors (Lipinski definition) is 3. The summed E-state index contributed by atoms with van der Waals surface area (Å²) in [4.78, 5) is 0. The monoisotopic (exact) mass is 248 g/mol. The normalized spacial score (nSPS) is 18.1. The second kappa shape index (κ2) is 4.12. The molecule has 0 heterocycles. The van der Waals surface area contributed by atoms with Crippen LogP contribution in [0.2, 0.25) is 0 Å². The van der Waals surface area contributed by atoms with E-state index in [1.54, 1.807) is 30.3 Å². The Balaban J connectivity index is 3.11. The van der Waals surface area contributed by atoms with Crippen molar-refractivity contribution in [2.75, 3.05) is 6.26 Å². The summed E-state index contributed by atoms with van der Waals surface area (Å²) in [5.41, 5.74) is 0.487. The summed E-state index contributed by atoms with van der Waals surface area (Å²) in [7, 11) is -3.53. The highest BCUT2D eigenvalue weighted by atomic mass is 35.5. The van der Waals surface area contributed by atoms with Gasteiger partial charge in [-0.25, -0.2) is 8.42 Å². The third-order valence-electron chi connectivity index (χ3n) is 2.33. The molecule has 1 aromatic rings. The van der Waals surface area contributed by atoms with Gasteiger partial charge in [0.25, 0.3) is 0 Å². The SMILES string of the molecule is C[C@@](Cl)([C@@H](O)c1ccccc1)S(C)(=O)=O. The lowest BCUT2D eigenvalue weighted by Gasteiger charge is -2.26. The highest BCUT2D eigenvalue weighted by molar-refractivity contribution is 7.93. The van der Waals surface area contributed by atoms with Crippen molar-refractivity contribution < 1.29 is 13.5 Å². The lowest BCUT2D eigenvalue weighted by molar-refractivity contribution is 0.163. The topological polar surface area (TPSA) is 54.4 Å². The van der Waals surface area contributed by atoms with E-state index in [0.29, 0.717) is 5.56 Å². The standard InChI is InChI=1S/C10H13ClO3S/c1-10(11,15(2,13)14)9(12)8-6-4-3-5-7-8/h3-7,9,12H,1-2H3/t9-,10-/m0/s1. The predicted molar refractivity (Wildman–Crippen MR) is 60.5 cm³/mol. The van der Waals surface area contributed by atoms with E-state index in [-0.39, 0.29) is 0 Å². The van der Waals surface area contributed by atoms with E-state index >= 15 is 0 Å². The summed E-state index contributed by atoms with van der Waals surface area (Å²) < 4.78 is 21.1. The molecule has 0 amide bonds. The second-order valence-electron chi connectivity index (χ2n) is 3.57. The molecule has 0 saturated carbocycles. The van der Waals surface area contributed by atoms with Crippen LogP contribution < -0.4 is 0 Å². The highest BCUT2D eigenvalue weighted by Crippen LogP contribution is 2.35. The Bertz CT molecular complexity index is 425. The smallest absolute Gasteiger partial charge is 0.172 e. The van der Waals surface area contributed by atoms with Crippen LogP contribution in [0.4, 0.5) is 0 Å². The first-order chi connectivity index (χ1) is 6.77. The first-order valence-electron chi connectivity index (χ1n) is 4.38. The number of rotatable bonds is 3. The molecule has 5 heteroatoms. The van der Waals surface area contributed by atoms with E-state index in [9.17, 15) is 13.5 Å². The lowest BCUT2D eigenvalue weighted by Crippen LogP contribution is -2.35. The highest BCUT2D eigenvalue weighted by Gasteiger charge is 2.41. The van der Waals surface area contributed by atoms with Crippen LogP contribution in [0.15, 0.2) is 30.3 Å². The van der Waals surface area contributed by atoms with Crippen LogP contribution in [-0.2, 0) is 9.84 Å². The Morgan fingerprint density at radius 2 is 1.80 bits per heavy atom. The summed E-state index contributed by atoms with van der Waals surface area (Å²) >= 11 is 5.86. The van der Waals surface area contributed by atoms with E-state index in [1.807, 2.05) is 0 Å². The molecule has 84 valence electrons. The van der Waals surface area contributed by atoms with Gasteiger partial charge in [-0.15, -0.1) is 0 Å². The third-order valence-corrected chi connectivity index (χ3v) is 5.05. The summed E-state index contributed by atoms with van der Waals surface area (Å²) in [5, 5.41) is 9.87. The molecule has 1 N–H and O–H groups in total. The van der Waals surface area contributed by atoms with Gasteiger partial charge in [0.15, 0.2) is 14.0 Å². The van der Waals surface area contributed by atoms with Gasteiger partial charge in [0.1, 0.15) is 6.10 Å². The maximum atomic E-state index is 11.4. The van der Waals surface area contributed by atoms with Crippen LogP contribution >= 0.6 is 11.6 Å². The maximum absolute atomic E-state index is 11.4. The minimum Gasteiger partial charge on any atom is -0.385 e. The quantitative estimate of drug-likeness (QED) is 0.829. The van der Waals surface area contributed by atoms with Crippen molar-refractivity contribution in [3.63, 3.8) is 0 Å². The lowest BCUT2D eigenvalue weighted by atomic mass is 10.1. The van der Waals surface area contributed by atoms with E-state index in [2.05, 4.69) is 0 Å². The van der Waals surface area contributed by atoms with Crippen molar-refractivity contribution in [3.05, 3.63) is 35.9 Å². The summed E-state index contributed by atoms with van der Waals surface area (Å²) in [6.45, 7) is 1.29. The van der Waals surface area contributed by atoms with Gasteiger partial charge >= 0.3 is 0 Å². The molecule has 0 aliphatic heterocycles. The van der Waals surface area contributed by atoms with Gasteiger partial charge in [-0.3, -0.25) is 0 Å². The molecule has 15 heavy (non-hydrogen) atoms. The van der Waals surface area contributed by atoms with Crippen LogP contribution in [0, 0.1) is 0 Å². The minimum atomic E-state index is -3.53. The van der Waals surface area contributed by atoms with Crippen LogP contribution in [0.3, 0.4) is 0 Å². The van der Waals surface area contributed by atoms with E-state index in [0.717, 1.165) is 6.26 Å². The molecule has 0 saturated heterocycles. The fraction of sp³-hybridized carbons (Fsp3) is 0.400. The fourth-order valence-corrected chi connectivity index (χ4v) is 1.80. The van der Waals surface area contributed by atoms with Gasteiger partial charge in [0.05, 0.1) is 0 Å². The molecule has 0 radical (unpaired) electrons. The first-order valence-corrected chi connectivity index (χ1v) is 6.65. The molecular formula is C10H13ClO3S. The van der Waals surface area contributed by atoms with Crippen molar-refractivity contribution in [1.82, 2.24) is 0 Å². The maximum Gasteiger partial charge on any atom is 0.172 e. The third kappa shape index (κ3) is 2.51. The molecular weight excluding hydrogens is 236 g/mol. The van der Waals surface area contributed by atoms with Crippen LogP contribution in [0.1, 0.15) is 18.6 Å². The number of sulfone groups is 1. The number of benzene rings is 1. The Kier molecular flexibility index (Phi) is 3.43. The van der Waals surface area contributed by atoms with Crippen molar-refractivity contribution in [3.8, 4) is 0 Å². The molecule has 0 fully saturated rings. The van der Waals surface area contributed by atoms with Crippen molar-refractivity contribution >= 4 is 21.4 Å². The Morgan fingerprint density at radius 3 is 2.20 bits per heavy atom. The Hall–Kier alpha value is -0.580. The fourth-order valence-electron chi connectivity index (χ4n) is 1.14. The van der Waals surface area contributed by atoms with E-state index in [1.165, 1.54) is 6.92 Å². The largest absolute Gasteiger partial charge is 0.385 e. The Labute approximate surface area is 94.6 Å². The molecule has 0 bridgehead atoms. The predicted octanol–water partition coefficient (Wildman–Crippen LogP) is 1.72. The molecule has 3 nitrogen and oxygen atoms in total. The molecule has 0 aliphatic carbocycles. The molecule has 1 aromatic carbocycles. The second-order valence-corrected chi connectivity index (χ2v) is 6.97. The minimum absolute atomic E-state index is 0.487. The van der Waals surface area contributed by atoms with Crippen molar-refractivity contribution in [2.45, 2.75) is 17.2 Å². The summed E-state index contributed by atoms with van der Waals surface area (Å²) in [6, 6.07) is 8.48. The van der Waals surface area contributed by atoms with Crippen LogP contribution in [0.5, 0.6) is 0 Å². The van der Waals surface area contributed by atoms with Gasteiger partial charge < -0.3 is 5.11 Å². The number of hydrogen-bond donors (Lipinski definition) is 1. The molecule has 1 rings (SSSR count). The molecule has 0 aliphatic rings. The van der Waals surface area contributed by atoms with E-state index < -0.39 is 20.1 Å². The zero-order chi connectivity index (χ0) is 11.7. The number of halogens is 1. The van der Waals surface area contributed by atoms with Gasteiger partial charge in [-0.2, -0.15) is 0 Å². The molecule has 0 spiro atoms. The molecule has 0 aromatic heterocycles. The number of aliphatic hydroxyl groups excluding tert-OH is 1. The Morgan fingerprint density at radius 1 is 1.33 bits per heavy atom. The van der Waals surface area contributed by atoms with Crippen molar-refractivity contribution in [1.29, 1.82) is 0 Å². The van der Waals surface area contributed by atoms with Crippen LogP contribution in [-0.4, -0.2) is 24.0 Å². The average Bonchev–Trinajstić information content (AvgIpc) is 2.16. The molecule has 2 atom stereocenters. The van der Waals surface area contributed by atoms with Gasteiger partial charge in [0.2, 0.25) is 0 Å². The number of alkyl halides is 1. The summed E-state index contributed by atoms with van der Waals surface area (Å²) in [6.07, 6.45) is -0.234. The zero-order valence-corrected chi connectivity index (χ0v) is 10.1. The number of aliphatic hydroxyl groups is 1. The van der Waals surface area contributed by atoms with Gasteiger partial charge in [0, 0.05) is 6.26 Å². The van der Waals surface area contributed by atoms with Gasteiger partial charge in [-0.05, 0) is 12.5 Å². The van der Waals surface area contributed by atoms with Gasteiger partial charge in [-0.1, -0.05) is 41.9 Å². The van der Waals surface area contributed by atoms with E-state index in [4.69, 9.17) is 11.6 Å².